The van der Waals surface area contributed by atoms with Gasteiger partial charge in [0.05, 0.1) is 6.10 Å². The molecule has 1 aliphatic rings. The zero-order valence-corrected chi connectivity index (χ0v) is 6.30. The maximum atomic E-state index is 10.4. The molecule has 0 unspecified atom stereocenters. The van der Waals surface area contributed by atoms with Crippen molar-refractivity contribution in [3.8, 4) is 0 Å². The van der Waals surface area contributed by atoms with Crippen LogP contribution in [0.4, 0.5) is 0 Å². The van der Waals surface area contributed by atoms with Crippen LogP contribution >= 0.6 is 11.8 Å². The summed E-state index contributed by atoms with van der Waals surface area (Å²) in [5.74, 6) is -0.186. The van der Waals surface area contributed by atoms with Crippen molar-refractivity contribution in [3.63, 3.8) is 0 Å². The number of rotatable bonds is 1. The summed E-state index contributed by atoms with van der Waals surface area (Å²) in [6.45, 7) is 0. The van der Waals surface area contributed by atoms with Gasteiger partial charge in [-0.15, -0.1) is 11.8 Å². The lowest BCUT2D eigenvalue weighted by molar-refractivity contribution is -0.136. The lowest BCUT2D eigenvalue weighted by Crippen LogP contribution is -2.27. The number of aliphatic hydroxyl groups is 1. The summed E-state index contributed by atoms with van der Waals surface area (Å²) in [6, 6.07) is 0. The summed E-state index contributed by atoms with van der Waals surface area (Å²) in [4.78, 5) is 10.4. The molecule has 1 rings (SSSR count). The second-order valence-electron chi connectivity index (χ2n) is 2.39. The average Bonchev–Trinajstić information content (AvgIpc) is 1.88. The summed E-state index contributed by atoms with van der Waals surface area (Å²) in [5.41, 5.74) is 0. The molecule has 0 aromatic carbocycles. The minimum Gasteiger partial charge on any atom is -0.480 e. The van der Waals surface area contributed by atoms with E-state index in [0.29, 0.717) is 18.6 Å². The van der Waals surface area contributed by atoms with Crippen molar-refractivity contribution < 1.29 is 15.0 Å². The lowest BCUT2D eigenvalue weighted by atomic mass is 10.1. The third-order valence-corrected chi connectivity index (χ3v) is 2.94. The van der Waals surface area contributed by atoms with Crippen molar-refractivity contribution in [2.24, 2.45) is 0 Å². The minimum absolute atomic E-state index is 0.289. The van der Waals surface area contributed by atoms with Crippen molar-refractivity contribution in [3.05, 3.63) is 0 Å². The molecule has 0 aromatic heterocycles. The first-order valence-electron chi connectivity index (χ1n) is 3.22. The smallest absolute Gasteiger partial charge is 0.316 e. The number of aliphatic hydroxyl groups excluding tert-OH is 1. The standard InChI is InChI=1S/C6H10O3S/c7-4-1-2-5(6(8)9)10-3-4/h4-5,7H,1-3H2,(H,8,9)/t4-,5-/m0/s1. The molecular formula is C6H10O3S. The van der Waals surface area contributed by atoms with E-state index in [4.69, 9.17) is 10.2 Å². The monoisotopic (exact) mass is 162 g/mol. The zero-order chi connectivity index (χ0) is 7.56. The third-order valence-electron chi connectivity index (χ3n) is 1.53. The number of carbonyl (C=O) groups is 1. The molecule has 10 heavy (non-hydrogen) atoms. The maximum absolute atomic E-state index is 10.4. The van der Waals surface area contributed by atoms with E-state index in [1.807, 2.05) is 0 Å². The Labute approximate surface area is 63.4 Å². The van der Waals surface area contributed by atoms with E-state index in [2.05, 4.69) is 0 Å². The predicted octanol–water partition coefficient (Wildman–Crippen LogP) is 0.328. The molecule has 1 saturated heterocycles. The number of aliphatic carboxylic acids is 1. The molecule has 2 atom stereocenters. The lowest BCUT2D eigenvalue weighted by Gasteiger charge is -2.21. The number of thioether (sulfide) groups is 1. The quantitative estimate of drug-likeness (QED) is 0.583. The van der Waals surface area contributed by atoms with Crippen LogP contribution in [0.1, 0.15) is 12.8 Å². The fourth-order valence-corrected chi connectivity index (χ4v) is 2.00. The summed E-state index contributed by atoms with van der Waals surface area (Å²) in [7, 11) is 0. The van der Waals surface area contributed by atoms with Gasteiger partial charge in [0, 0.05) is 5.75 Å². The van der Waals surface area contributed by atoms with Crippen LogP contribution < -0.4 is 0 Å². The van der Waals surface area contributed by atoms with Crippen molar-refractivity contribution in [2.45, 2.75) is 24.2 Å². The Hall–Kier alpha value is -0.220. The van der Waals surface area contributed by atoms with Crippen LogP contribution in [0.15, 0.2) is 0 Å². The molecule has 0 saturated carbocycles. The van der Waals surface area contributed by atoms with Crippen LogP contribution in [0.3, 0.4) is 0 Å². The highest BCUT2D eigenvalue weighted by Gasteiger charge is 2.24. The van der Waals surface area contributed by atoms with Crippen LogP contribution in [-0.2, 0) is 4.79 Å². The van der Waals surface area contributed by atoms with Crippen LogP contribution in [0.5, 0.6) is 0 Å². The van der Waals surface area contributed by atoms with Crippen LogP contribution in [-0.4, -0.2) is 33.3 Å². The van der Waals surface area contributed by atoms with Gasteiger partial charge < -0.3 is 10.2 Å². The van der Waals surface area contributed by atoms with Crippen molar-refractivity contribution >= 4 is 17.7 Å². The molecular weight excluding hydrogens is 152 g/mol. The SMILES string of the molecule is O=C(O)[C@@H]1CC[C@H](O)CS1. The Kier molecular flexibility index (Phi) is 2.56. The molecule has 0 aromatic rings. The van der Waals surface area contributed by atoms with Crippen LogP contribution in [0.25, 0.3) is 0 Å². The highest BCUT2D eigenvalue weighted by Crippen LogP contribution is 2.25. The van der Waals surface area contributed by atoms with Gasteiger partial charge in [-0.1, -0.05) is 0 Å². The van der Waals surface area contributed by atoms with Gasteiger partial charge in [-0.05, 0) is 12.8 Å². The van der Waals surface area contributed by atoms with Gasteiger partial charge in [-0.2, -0.15) is 0 Å². The van der Waals surface area contributed by atoms with Crippen molar-refractivity contribution in [1.82, 2.24) is 0 Å². The number of carboxylic acid groups (broad SMARTS) is 1. The molecule has 0 spiro atoms. The second-order valence-corrected chi connectivity index (χ2v) is 3.63. The molecule has 0 amide bonds. The molecule has 0 bridgehead atoms. The first-order valence-corrected chi connectivity index (χ1v) is 4.27. The zero-order valence-electron chi connectivity index (χ0n) is 5.49. The van der Waals surface area contributed by atoms with Gasteiger partial charge in [-0.3, -0.25) is 4.79 Å². The average molecular weight is 162 g/mol. The highest BCUT2D eigenvalue weighted by atomic mass is 32.2. The van der Waals surface area contributed by atoms with Crippen LogP contribution in [0.2, 0.25) is 0 Å². The molecule has 2 N–H and O–H groups in total. The molecule has 3 nitrogen and oxygen atoms in total. The molecule has 0 radical (unpaired) electrons. The van der Waals surface area contributed by atoms with Crippen molar-refractivity contribution in [2.75, 3.05) is 5.75 Å². The van der Waals surface area contributed by atoms with Gasteiger partial charge >= 0.3 is 5.97 Å². The molecule has 58 valence electrons. The van der Waals surface area contributed by atoms with Gasteiger partial charge in [0.15, 0.2) is 0 Å². The highest BCUT2D eigenvalue weighted by molar-refractivity contribution is 8.00. The van der Waals surface area contributed by atoms with E-state index in [0.717, 1.165) is 0 Å². The van der Waals surface area contributed by atoms with E-state index in [-0.39, 0.29) is 11.4 Å². The van der Waals surface area contributed by atoms with Crippen molar-refractivity contribution in [1.29, 1.82) is 0 Å². The van der Waals surface area contributed by atoms with Gasteiger partial charge in [0.25, 0.3) is 0 Å². The summed E-state index contributed by atoms with van der Waals surface area (Å²) < 4.78 is 0. The van der Waals surface area contributed by atoms with Gasteiger partial charge in [-0.25, -0.2) is 0 Å². The van der Waals surface area contributed by atoms with Crippen LogP contribution in [0, 0.1) is 0 Å². The fourth-order valence-electron chi connectivity index (χ4n) is 0.932. The number of hydrogen-bond donors (Lipinski definition) is 2. The Balaban J connectivity index is 2.33. The largest absolute Gasteiger partial charge is 0.480 e. The molecule has 1 heterocycles. The summed E-state index contributed by atoms with van der Waals surface area (Å²) in [6.07, 6.45) is 0.936. The predicted molar refractivity (Wildman–Crippen MR) is 39.1 cm³/mol. The summed E-state index contributed by atoms with van der Waals surface area (Å²) in [5, 5.41) is 17.2. The molecule has 0 aliphatic carbocycles. The van der Waals surface area contributed by atoms with E-state index in [1.165, 1.54) is 11.8 Å². The fraction of sp³-hybridized carbons (Fsp3) is 0.833. The first kappa shape index (κ1) is 7.88. The molecule has 4 heteroatoms. The topological polar surface area (TPSA) is 57.5 Å². The minimum atomic E-state index is -0.753. The Morgan fingerprint density at radius 2 is 2.20 bits per heavy atom. The van der Waals surface area contributed by atoms with E-state index in [9.17, 15) is 4.79 Å². The summed E-state index contributed by atoms with van der Waals surface area (Å²) >= 11 is 1.33. The molecule has 1 aliphatic heterocycles. The Morgan fingerprint density at radius 1 is 1.50 bits per heavy atom. The number of hydrogen-bond acceptors (Lipinski definition) is 3. The first-order chi connectivity index (χ1) is 4.70. The van der Waals surface area contributed by atoms with E-state index in [1.54, 1.807) is 0 Å². The second kappa shape index (κ2) is 3.25. The Morgan fingerprint density at radius 3 is 2.60 bits per heavy atom. The maximum Gasteiger partial charge on any atom is 0.316 e. The van der Waals surface area contributed by atoms with Gasteiger partial charge in [0.2, 0.25) is 0 Å². The third kappa shape index (κ3) is 1.88. The normalized spacial score (nSPS) is 33.7. The van der Waals surface area contributed by atoms with E-state index < -0.39 is 5.97 Å². The Bertz CT molecular complexity index is 129. The van der Waals surface area contributed by atoms with E-state index >= 15 is 0 Å². The molecule has 1 fully saturated rings. The van der Waals surface area contributed by atoms with Gasteiger partial charge in [0.1, 0.15) is 5.25 Å². The number of carboxylic acids is 1.